The zero-order valence-electron chi connectivity index (χ0n) is 13.0. The van der Waals surface area contributed by atoms with Gasteiger partial charge in [0.15, 0.2) is 0 Å². The van der Waals surface area contributed by atoms with Crippen molar-refractivity contribution in [2.75, 3.05) is 6.54 Å². The molecule has 3 nitrogen and oxygen atoms in total. The van der Waals surface area contributed by atoms with E-state index in [1.165, 1.54) is 25.7 Å². The van der Waals surface area contributed by atoms with Gasteiger partial charge in [0.2, 0.25) is 0 Å². The largest absolute Gasteiger partial charge is 0.352 e. The number of rotatable bonds is 3. The Morgan fingerprint density at radius 1 is 1.29 bits per heavy atom. The number of hydrogen-bond acceptors (Lipinski definition) is 2. The van der Waals surface area contributed by atoms with Crippen LogP contribution in [0.5, 0.6) is 0 Å². The Bertz CT molecular complexity index is 532. The molecule has 3 rings (SSSR count). The van der Waals surface area contributed by atoms with Crippen LogP contribution >= 0.6 is 0 Å². The van der Waals surface area contributed by atoms with Crippen LogP contribution in [-0.4, -0.2) is 12.5 Å². The monoisotopic (exact) mass is 286 g/mol. The first-order valence-corrected chi connectivity index (χ1v) is 8.33. The van der Waals surface area contributed by atoms with Crippen LogP contribution < -0.4 is 11.1 Å². The highest BCUT2D eigenvalue weighted by Gasteiger charge is 2.38. The lowest BCUT2D eigenvalue weighted by Gasteiger charge is -2.35. The van der Waals surface area contributed by atoms with Crippen LogP contribution in [0.4, 0.5) is 0 Å². The zero-order valence-corrected chi connectivity index (χ0v) is 13.0. The van der Waals surface area contributed by atoms with Gasteiger partial charge in [0.25, 0.3) is 5.91 Å². The molecule has 1 saturated carbocycles. The van der Waals surface area contributed by atoms with Gasteiger partial charge >= 0.3 is 0 Å². The summed E-state index contributed by atoms with van der Waals surface area (Å²) in [5, 5.41) is 2.98. The van der Waals surface area contributed by atoms with Crippen LogP contribution in [0.2, 0.25) is 0 Å². The Kier molecular flexibility index (Phi) is 4.03. The summed E-state index contributed by atoms with van der Waals surface area (Å²) in [5.74, 6) is 0.0634. The highest BCUT2D eigenvalue weighted by atomic mass is 16.1. The first kappa shape index (κ1) is 14.6. The van der Waals surface area contributed by atoms with Crippen molar-refractivity contribution in [2.45, 2.75) is 57.9 Å². The molecule has 1 unspecified atom stereocenters. The van der Waals surface area contributed by atoms with Crippen molar-refractivity contribution in [1.29, 1.82) is 0 Å². The van der Waals surface area contributed by atoms with E-state index in [2.05, 4.69) is 30.4 Å². The van der Waals surface area contributed by atoms with Crippen molar-refractivity contribution in [3.05, 3.63) is 34.9 Å². The number of carbonyl (C=O) groups is 1. The minimum Gasteiger partial charge on any atom is -0.352 e. The summed E-state index contributed by atoms with van der Waals surface area (Å²) in [6.45, 7) is 3.02. The van der Waals surface area contributed by atoms with E-state index in [9.17, 15) is 4.79 Å². The molecule has 1 aromatic rings. The van der Waals surface area contributed by atoms with E-state index in [4.69, 9.17) is 5.73 Å². The quantitative estimate of drug-likeness (QED) is 0.895. The van der Waals surface area contributed by atoms with Crippen molar-refractivity contribution in [3.63, 3.8) is 0 Å². The molecule has 0 bridgehead atoms. The summed E-state index contributed by atoms with van der Waals surface area (Å²) in [5.41, 5.74) is 10.00. The van der Waals surface area contributed by atoms with Crippen molar-refractivity contribution < 1.29 is 4.79 Å². The van der Waals surface area contributed by atoms with E-state index in [0.717, 1.165) is 42.5 Å². The summed E-state index contributed by atoms with van der Waals surface area (Å²) in [6, 6.07) is 6.37. The second-order valence-electron chi connectivity index (χ2n) is 6.68. The molecule has 21 heavy (non-hydrogen) atoms. The number of aryl methyl sites for hydroxylation is 1. The molecule has 114 valence electrons. The molecule has 1 atom stereocenters. The molecule has 1 aliphatic carbocycles. The number of fused-ring (bicyclic) bond motifs is 1. The minimum absolute atomic E-state index is 0.0475. The number of nitrogens with two attached hydrogens (primary N) is 1. The summed E-state index contributed by atoms with van der Waals surface area (Å²) in [6.07, 6.45) is 8.12. The Balaban J connectivity index is 1.94. The van der Waals surface area contributed by atoms with Crippen LogP contribution in [0, 0.1) is 5.41 Å². The van der Waals surface area contributed by atoms with Crippen molar-refractivity contribution in [1.82, 2.24) is 5.32 Å². The van der Waals surface area contributed by atoms with E-state index in [1.807, 2.05) is 0 Å². The van der Waals surface area contributed by atoms with Gasteiger partial charge in [-0.1, -0.05) is 31.9 Å². The van der Waals surface area contributed by atoms with E-state index in [0.29, 0.717) is 0 Å². The number of benzene rings is 1. The molecule has 3 N–H and O–H groups in total. The van der Waals surface area contributed by atoms with Crippen molar-refractivity contribution in [2.24, 2.45) is 11.1 Å². The molecular formula is C18H26N2O. The minimum atomic E-state index is 0.0475. The average molecular weight is 286 g/mol. The molecule has 2 aliphatic rings. The van der Waals surface area contributed by atoms with Crippen LogP contribution in [0.3, 0.4) is 0 Å². The van der Waals surface area contributed by atoms with Gasteiger partial charge < -0.3 is 11.1 Å². The maximum Gasteiger partial charge on any atom is 0.251 e. The first-order valence-electron chi connectivity index (χ1n) is 8.33. The predicted octanol–water partition coefficient (Wildman–Crippen LogP) is 3.33. The van der Waals surface area contributed by atoms with E-state index >= 15 is 0 Å². The molecule has 0 spiro atoms. The second-order valence-corrected chi connectivity index (χ2v) is 6.68. The summed E-state index contributed by atoms with van der Waals surface area (Å²) >= 11 is 0. The Hall–Kier alpha value is -1.35. The van der Waals surface area contributed by atoms with Gasteiger partial charge in [0.1, 0.15) is 0 Å². The summed E-state index contributed by atoms with van der Waals surface area (Å²) in [4.78, 5) is 12.2. The molecule has 1 aliphatic heterocycles. The topological polar surface area (TPSA) is 55.1 Å². The smallest absolute Gasteiger partial charge is 0.251 e. The van der Waals surface area contributed by atoms with Crippen molar-refractivity contribution >= 4 is 5.91 Å². The summed E-state index contributed by atoms with van der Waals surface area (Å²) in [7, 11) is 0. The van der Waals surface area contributed by atoms with Crippen LogP contribution in [0.25, 0.3) is 0 Å². The molecule has 1 fully saturated rings. The molecule has 1 heterocycles. The number of carbonyl (C=O) groups excluding carboxylic acids is 1. The third kappa shape index (κ3) is 2.59. The molecule has 1 aromatic carbocycles. The van der Waals surface area contributed by atoms with Gasteiger partial charge in [0.05, 0.1) is 0 Å². The highest BCUT2D eigenvalue weighted by Crippen LogP contribution is 2.49. The zero-order chi connectivity index (χ0) is 14.9. The van der Waals surface area contributed by atoms with Gasteiger partial charge in [-0.3, -0.25) is 4.79 Å². The molecule has 0 radical (unpaired) electrons. The number of nitrogens with one attached hydrogen (secondary N) is 1. The van der Waals surface area contributed by atoms with Gasteiger partial charge in [-0.05, 0) is 54.7 Å². The van der Waals surface area contributed by atoms with E-state index < -0.39 is 0 Å². The third-order valence-electron chi connectivity index (χ3n) is 5.61. The van der Waals surface area contributed by atoms with Gasteiger partial charge in [-0.15, -0.1) is 0 Å². The van der Waals surface area contributed by atoms with Gasteiger partial charge in [-0.25, -0.2) is 0 Å². The second kappa shape index (κ2) is 5.80. The van der Waals surface area contributed by atoms with Gasteiger partial charge in [0, 0.05) is 18.2 Å². The fourth-order valence-corrected chi connectivity index (χ4v) is 4.11. The SMILES string of the molecule is CCC1(C(N)c2ccc3c(c2)C(=O)NCCC3)CCCC1. The van der Waals surface area contributed by atoms with E-state index in [1.54, 1.807) is 0 Å². The summed E-state index contributed by atoms with van der Waals surface area (Å²) < 4.78 is 0. The lowest BCUT2D eigenvalue weighted by atomic mass is 9.73. The van der Waals surface area contributed by atoms with Crippen LogP contribution in [-0.2, 0) is 6.42 Å². The molecule has 0 saturated heterocycles. The molecule has 3 heteroatoms. The van der Waals surface area contributed by atoms with Gasteiger partial charge in [-0.2, -0.15) is 0 Å². The third-order valence-corrected chi connectivity index (χ3v) is 5.61. The Morgan fingerprint density at radius 2 is 2.05 bits per heavy atom. The maximum absolute atomic E-state index is 12.2. The lowest BCUT2D eigenvalue weighted by Crippen LogP contribution is -2.32. The Morgan fingerprint density at radius 3 is 2.76 bits per heavy atom. The fourth-order valence-electron chi connectivity index (χ4n) is 4.11. The highest BCUT2D eigenvalue weighted by molar-refractivity contribution is 5.96. The predicted molar refractivity (Wildman–Crippen MR) is 85.2 cm³/mol. The van der Waals surface area contributed by atoms with Crippen molar-refractivity contribution in [3.8, 4) is 0 Å². The molecule has 1 amide bonds. The molecular weight excluding hydrogens is 260 g/mol. The van der Waals surface area contributed by atoms with Crippen LogP contribution in [0.1, 0.15) is 73.0 Å². The first-order chi connectivity index (χ1) is 10.2. The number of hydrogen-bond donors (Lipinski definition) is 2. The lowest BCUT2D eigenvalue weighted by molar-refractivity contribution is 0.0955. The fraction of sp³-hybridized carbons (Fsp3) is 0.611. The molecule has 0 aromatic heterocycles. The standard InChI is InChI=1S/C18H26N2O/c1-2-18(9-3-4-10-18)16(19)14-8-7-13-6-5-11-20-17(21)15(13)12-14/h7-8,12,16H,2-6,9-11,19H2,1H3,(H,20,21). The Labute approximate surface area is 127 Å². The average Bonchev–Trinajstić information content (AvgIpc) is 2.93. The normalized spacial score (nSPS) is 22.3. The maximum atomic E-state index is 12.2. The van der Waals surface area contributed by atoms with E-state index in [-0.39, 0.29) is 17.4 Å². The number of amides is 1. The van der Waals surface area contributed by atoms with Crippen LogP contribution in [0.15, 0.2) is 18.2 Å².